The topological polar surface area (TPSA) is 69.6 Å². The van der Waals surface area contributed by atoms with Crippen LogP contribution in [-0.4, -0.2) is 36.6 Å². The molecule has 5 heteroatoms. The zero-order chi connectivity index (χ0) is 14.8. The highest BCUT2D eigenvalue weighted by Crippen LogP contribution is 2.36. The first-order valence-electron chi connectivity index (χ1n) is 7.52. The second-order valence-corrected chi connectivity index (χ2v) is 5.77. The monoisotopic (exact) mass is 288 g/mol. The number of amides is 1. The fourth-order valence-corrected chi connectivity index (χ4v) is 3.33. The second kappa shape index (κ2) is 5.85. The lowest BCUT2D eigenvalue weighted by Crippen LogP contribution is -2.46. The number of piperidine rings is 1. The number of benzene rings is 1. The van der Waals surface area contributed by atoms with E-state index in [2.05, 4.69) is 5.32 Å². The molecule has 2 aliphatic rings. The van der Waals surface area contributed by atoms with Gasteiger partial charge in [-0.05, 0) is 37.4 Å². The van der Waals surface area contributed by atoms with E-state index in [0.29, 0.717) is 13.0 Å². The maximum Gasteiger partial charge on any atom is 0.311 e. The van der Waals surface area contributed by atoms with Crippen molar-refractivity contribution in [3.05, 3.63) is 29.8 Å². The molecule has 0 radical (unpaired) electrons. The number of nitrogens with one attached hydrogen (secondary N) is 1. The van der Waals surface area contributed by atoms with E-state index >= 15 is 0 Å². The van der Waals surface area contributed by atoms with Gasteiger partial charge in [-0.15, -0.1) is 0 Å². The first kappa shape index (κ1) is 14.1. The van der Waals surface area contributed by atoms with Crippen LogP contribution >= 0.6 is 0 Å². The van der Waals surface area contributed by atoms with Gasteiger partial charge in [-0.3, -0.25) is 9.59 Å². The molecule has 112 valence electrons. The number of anilines is 1. The molecule has 0 saturated carbocycles. The molecular weight excluding hydrogens is 268 g/mol. The third-order valence-corrected chi connectivity index (χ3v) is 4.45. The van der Waals surface area contributed by atoms with Crippen LogP contribution in [0.5, 0.6) is 0 Å². The highest BCUT2D eigenvalue weighted by molar-refractivity contribution is 5.98. The van der Waals surface area contributed by atoms with Crippen LogP contribution in [0.4, 0.5) is 5.69 Å². The summed E-state index contributed by atoms with van der Waals surface area (Å²) < 4.78 is 0. The second-order valence-electron chi connectivity index (χ2n) is 5.77. The number of para-hydroxylation sites is 1. The number of hydrogen-bond acceptors (Lipinski definition) is 3. The molecule has 2 atom stereocenters. The van der Waals surface area contributed by atoms with Crippen LogP contribution in [0.25, 0.3) is 0 Å². The molecule has 1 amide bonds. The summed E-state index contributed by atoms with van der Waals surface area (Å²) in [6.07, 6.45) is 2.41. The van der Waals surface area contributed by atoms with E-state index in [1.807, 2.05) is 24.3 Å². The lowest BCUT2D eigenvalue weighted by Gasteiger charge is -2.35. The number of hydrogen-bond donors (Lipinski definition) is 2. The summed E-state index contributed by atoms with van der Waals surface area (Å²) in [4.78, 5) is 25.9. The quantitative estimate of drug-likeness (QED) is 0.867. The average molecular weight is 288 g/mol. The lowest BCUT2D eigenvalue weighted by atomic mass is 9.88. The van der Waals surface area contributed by atoms with Crippen LogP contribution in [0.15, 0.2) is 24.3 Å². The van der Waals surface area contributed by atoms with Crippen molar-refractivity contribution >= 4 is 17.6 Å². The van der Waals surface area contributed by atoms with Crippen molar-refractivity contribution in [1.82, 2.24) is 5.32 Å². The zero-order valence-corrected chi connectivity index (χ0v) is 11.9. The summed E-state index contributed by atoms with van der Waals surface area (Å²) in [5.41, 5.74) is 1.53. The largest absolute Gasteiger partial charge is 0.481 e. The smallest absolute Gasteiger partial charge is 0.311 e. The molecule has 1 saturated heterocycles. The number of carbonyl (C=O) groups excluding carboxylic acids is 1. The number of carboxylic acids is 1. The van der Waals surface area contributed by atoms with Crippen molar-refractivity contribution < 1.29 is 14.7 Å². The van der Waals surface area contributed by atoms with Crippen molar-refractivity contribution in [3.8, 4) is 0 Å². The van der Waals surface area contributed by atoms with E-state index in [4.69, 9.17) is 0 Å². The van der Waals surface area contributed by atoms with Gasteiger partial charge < -0.3 is 15.3 Å². The van der Waals surface area contributed by atoms with Gasteiger partial charge in [-0.2, -0.15) is 0 Å². The summed E-state index contributed by atoms with van der Waals surface area (Å²) in [7, 11) is 0. The number of nitrogens with zero attached hydrogens (tertiary/aromatic N) is 1. The Bertz CT molecular complexity index is 552. The summed E-state index contributed by atoms with van der Waals surface area (Å²) in [6, 6.07) is 7.39. The highest BCUT2D eigenvalue weighted by Gasteiger charge is 2.35. The maximum atomic E-state index is 12.7. The molecule has 2 aliphatic heterocycles. The van der Waals surface area contributed by atoms with Crippen LogP contribution in [0, 0.1) is 5.92 Å². The van der Waals surface area contributed by atoms with Gasteiger partial charge in [0.1, 0.15) is 0 Å². The third-order valence-electron chi connectivity index (χ3n) is 4.45. The first-order chi connectivity index (χ1) is 10.2. The van der Waals surface area contributed by atoms with Gasteiger partial charge >= 0.3 is 5.97 Å². The number of fused-ring (bicyclic) bond motifs is 1. The molecule has 3 rings (SSSR count). The van der Waals surface area contributed by atoms with E-state index in [9.17, 15) is 14.7 Å². The molecule has 5 nitrogen and oxygen atoms in total. The van der Waals surface area contributed by atoms with Gasteiger partial charge in [-0.1, -0.05) is 18.2 Å². The molecule has 0 bridgehead atoms. The average Bonchev–Trinajstić information content (AvgIpc) is 2.54. The summed E-state index contributed by atoms with van der Waals surface area (Å²) in [6.45, 7) is 2.19. The molecule has 21 heavy (non-hydrogen) atoms. The van der Waals surface area contributed by atoms with Gasteiger partial charge in [0.05, 0.1) is 11.8 Å². The predicted octanol–water partition coefficient (Wildman–Crippen LogP) is 1.59. The van der Waals surface area contributed by atoms with Crippen LogP contribution in [0.2, 0.25) is 0 Å². The van der Waals surface area contributed by atoms with Crippen molar-refractivity contribution in [2.75, 3.05) is 24.5 Å². The summed E-state index contributed by atoms with van der Waals surface area (Å²) in [5, 5.41) is 12.6. The first-order valence-corrected chi connectivity index (χ1v) is 7.52. The Balaban J connectivity index is 1.88. The predicted molar refractivity (Wildman–Crippen MR) is 79.4 cm³/mol. The summed E-state index contributed by atoms with van der Waals surface area (Å²) >= 11 is 0. The van der Waals surface area contributed by atoms with Crippen molar-refractivity contribution in [3.63, 3.8) is 0 Å². The molecule has 0 spiro atoms. The third kappa shape index (κ3) is 2.65. The Hall–Kier alpha value is -1.88. The number of carboxylic acid groups (broad SMARTS) is 1. The van der Waals surface area contributed by atoms with E-state index in [0.717, 1.165) is 37.2 Å². The van der Waals surface area contributed by atoms with E-state index in [1.54, 1.807) is 4.90 Å². The Morgan fingerprint density at radius 3 is 2.76 bits per heavy atom. The van der Waals surface area contributed by atoms with Gasteiger partial charge in [0.2, 0.25) is 5.91 Å². The number of aliphatic carboxylic acids is 1. The van der Waals surface area contributed by atoms with Gasteiger partial charge in [0.15, 0.2) is 0 Å². The van der Waals surface area contributed by atoms with E-state index in [-0.39, 0.29) is 11.8 Å². The van der Waals surface area contributed by atoms with Crippen LogP contribution < -0.4 is 10.2 Å². The zero-order valence-electron chi connectivity index (χ0n) is 11.9. The standard InChI is InChI=1S/C16H20N2O3/c19-15(11-4-3-8-17-10-11)18-9-7-13(16(20)21)12-5-1-2-6-14(12)18/h1-2,5-6,11,13,17H,3-4,7-10H2,(H,20,21)/t11-,13?/m0/s1. The van der Waals surface area contributed by atoms with Crippen LogP contribution in [0.1, 0.15) is 30.7 Å². The molecule has 1 unspecified atom stereocenters. The Kier molecular flexibility index (Phi) is 3.92. The van der Waals surface area contributed by atoms with Crippen molar-refractivity contribution in [2.24, 2.45) is 5.92 Å². The maximum absolute atomic E-state index is 12.7. The van der Waals surface area contributed by atoms with E-state index in [1.165, 1.54) is 0 Å². The Morgan fingerprint density at radius 2 is 2.05 bits per heavy atom. The fraction of sp³-hybridized carbons (Fsp3) is 0.500. The lowest BCUT2D eigenvalue weighted by molar-refractivity contribution is -0.139. The minimum absolute atomic E-state index is 0.00758. The van der Waals surface area contributed by atoms with Crippen molar-refractivity contribution in [2.45, 2.75) is 25.2 Å². The molecule has 1 aromatic carbocycles. The van der Waals surface area contributed by atoms with Gasteiger partial charge in [0.25, 0.3) is 0 Å². The SMILES string of the molecule is O=C(O)C1CCN(C(=O)[C@H]2CCCNC2)c2ccccc21. The molecular formula is C16H20N2O3. The normalized spacial score (nSPS) is 25.2. The van der Waals surface area contributed by atoms with Gasteiger partial charge in [-0.25, -0.2) is 0 Å². The molecule has 0 aliphatic carbocycles. The summed E-state index contributed by atoms with van der Waals surface area (Å²) in [5.74, 6) is -1.18. The minimum Gasteiger partial charge on any atom is -0.481 e. The minimum atomic E-state index is -0.811. The van der Waals surface area contributed by atoms with Crippen molar-refractivity contribution in [1.29, 1.82) is 0 Å². The molecule has 2 heterocycles. The Labute approximate surface area is 123 Å². The Morgan fingerprint density at radius 1 is 1.24 bits per heavy atom. The van der Waals surface area contributed by atoms with E-state index < -0.39 is 11.9 Å². The molecule has 0 aromatic heterocycles. The number of rotatable bonds is 2. The molecule has 2 N–H and O–H groups in total. The van der Waals surface area contributed by atoms with Gasteiger partial charge in [0, 0.05) is 18.8 Å². The van der Waals surface area contributed by atoms with Crippen LogP contribution in [-0.2, 0) is 9.59 Å². The fourth-order valence-electron chi connectivity index (χ4n) is 3.33. The molecule has 1 aromatic rings. The highest BCUT2D eigenvalue weighted by atomic mass is 16.4. The number of carbonyl (C=O) groups is 2. The molecule has 1 fully saturated rings. The van der Waals surface area contributed by atoms with Crippen LogP contribution in [0.3, 0.4) is 0 Å².